The molecule has 104 valence electrons. The van der Waals surface area contributed by atoms with Gasteiger partial charge in [-0.25, -0.2) is 9.97 Å². The number of hydrogen-bond acceptors (Lipinski definition) is 3. The predicted molar refractivity (Wildman–Crippen MR) is 79.7 cm³/mol. The maximum absolute atomic E-state index is 5.63. The molecule has 0 aliphatic rings. The second-order valence-corrected chi connectivity index (χ2v) is 5.27. The van der Waals surface area contributed by atoms with Crippen molar-refractivity contribution < 1.29 is 4.42 Å². The van der Waals surface area contributed by atoms with E-state index >= 15 is 0 Å². The second kappa shape index (κ2) is 4.78. The van der Waals surface area contributed by atoms with Gasteiger partial charge in [-0.2, -0.15) is 0 Å². The van der Waals surface area contributed by atoms with Crippen molar-refractivity contribution in [3.05, 3.63) is 35.5 Å². The molecule has 4 heteroatoms. The Hall–Kier alpha value is -2.10. The first-order valence-corrected chi connectivity index (χ1v) is 6.99. The fraction of sp³-hybridized carbons (Fsp3) is 0.375. The van der Waals surface area contributed by atoms with Gasteiger partial charge >= 0.3 is 0 Å². The van der Waals surface area contributed by atoms with Crippen molar-refractivity contribution in [1.29, 1.82) is 0 Å². The molecule has 0 bridgehead atoms. The largest absolute Gasteiger partial charge is 0.441 e. The first-order valence-electron chi connectivity index (χ1n) is 6.99. The predicted octanol–water partition coefficient (Wildman–Crippen LogP) is 3.80. The van der Waals surface area contributed by atoms with Gasteiger partial charge < -0.3 is 8.98 Å². The van der Waals surface area contributed by atoms with Crippen LogP contribution >= 0.6 is 0 Å². The number of aryl methyl sites for hydroxylation is 4. The minimum Gasteiger partial charge on any atom is -0.441 e. The van der Waals surface area contributed by atoms with Crippen LogP contribution in [0.2, 0.25) is 0 Å². The molecule has 0 radical (unpaired) electrons. The molecule has 0 saturated carbocycles. The molecule has 0 aliphatic heterocycles. The van der Waals surface area contributed by atoms with Crippen LogP contribution < -0.4 is 0 Å². The number of imidazole rings is 1. The highest BCUT2D eigenvalue weighted by atomic mass is 16.4. The van der Waals surface area contributed by atoms with Crippen molar-refractivity contribution in [1.82, 2.24) is 14.5 Å². The Bertz CT molecular complexity index is 767. The molecule has 2 aromatic heterocycles. The molecule has 20 heavy (non-hydrogen) atoms. The number of oxazole rings is 1. The first-order chi connectivity index (χ1) is 9.60. The van der Waals surface area contributed by atoms with E-state index in [0.29, 0.717) is 5.89 Å². The summed E-state index contributed by atoms with van der Waals surface area (Å²) in [6.45, 7) is 6.17. The first kappa shape index (κ1) is 12.9. The highest BCUT2D eigenvalue weighted by Crippen LogP contribution is 2.27. The monoisotopic (exact) mass is 269 g/mol. The zero-order valence-electron chi connectivity index (χ0n) is 12.4. The quantitative estimate of drug-likeness (QED) is 0.726. The van der Waals surface area contributed by atoms with E-state index in [9.17, 15) is 0 Å². The zero-order valence-corrected chi connectivity index (χ0v) is 12.4. The average Bonchev–Trinajstić information content (AvgIpc) is 2.97. The normalized spacial score (nSPS) is 11.4. The van der Waals surface area contributed by atoms with Crippen LogP contribution in [-0.2, 0) is 13.5 Å². The van der Waals surface area contributed by atoms with Gasteiger partial charge in [0.15, 0.2) is 0 Å². The molecule has 3 aromatic rings. The standard InChI is InChI=1S/C16H19N3O/c1-5-6-14-18-15-10(2)7-12(8-13(15)19(14)4)16-17-9-11(3)20-16/h7-9H,5-6H2,1-4H3. The van der Waals surface area contributed by atoms with Crippen LogP contribution in [0.1, 0.15) is 30.5 Å². The van der Waals surface area contributed by atoms with Gasteiger partial charge in [0.25, 0.3) is 0 Å². The summed E-state index contributed by atoms with van der Waals surface area (Å²) in [5.74, 6) is 2.63. The number of hydrogen-bond donors (Lipinski definition) is 0. The molecule has 0 aliphatic carbocycles. The van der Waals surface area contributed by atoms with E-state index in [1.54, 1.807) is 6.20 Å². The number of nitrogens with zero attached hydrogens (tertiary/aromatic N) is 3. The average molecular weight is 269 g/mol. The van der Waals surface area contributed by atoms with Crippen LogP contribution in [0.3, 0.4) is 0 Å². The number of benzene rings is 1. The Morgan fingerprint density at radius 1 is 1.25 bits per heavy atom. The lowest BCUT2D eigenvalue weighted by Gasteiger charge is -2.03. The van der Waals surface area contributed by atoms with E-state index in [0.717, 1.165) is 46.6 Å². The minimum absolute atomic E-state index is 0.672. The van der Waals surface area contributed by atoms with Gasteiger partial charge in [-0.1, -0.05) is 6.92 Å². The van der Waals surface area contributed by atoms with Crippen molar-refractivity contribution >= 4 is 11.0 Å². The summed E-state index contributed by atoms with van der Waals surface area (Å²) in [6.07, 6.45) is 3.85. The summed E-state index contributed by atoms with van der Waals surface area (Å²) in [7, 11) is 2.07. The molecule has 0 amide bonds. The lowest BCUT2D eigenvalue weighted by Crippen LogP contribution is -1.96. The van der Waals surface area contributed by atoms with Crippen molar-refractivity contribution in [2.75, 3.05) is 0 Å². The number of fused-ring (bicyclic) bond motifs is 1. The minimum atomic E-state index is 0.672. The van der Waals surface area contributed by atoms with Crippen LogP contribution in [0.15, 0.2) is 22.7 Å². The fourth-order valence-electron chi connectivity index (χ4n) is 2.56. The van der Waals surface area contributed by atoms with Gasteiger partial charge in [-0.3, -0.25) is 0 Å². The van der Waals surface area contributed by atoms with Crippen LogP contribution in [0.4, 0.5) is 0 Å². The molecule has 0 N–H and O–H groups in total. The third-order valence-corrected chi connectivity index (χ3v) is 3.61. The van der Waals surface area contributed by atoms with Crippen LogP contribution in [0.25, 0.3) is 22.5 Å². The molecule has 0 fully saturated rings. The highest BCUT2D eigenvalue weighted by molar-refractivity contribution is 5.84. The molecule has 4 nitrogen and oxygen atoms in total. The Balaban J connectivity index is 2.20. The smallest absolute Gasteiger partial charge is 0.226 e. The van der Waals surface area contributed by atoms with Gasteiger partial charge in [0.05, 0.1) is 17.2 Å². The summed E-state index contributed by atoms with van der Waals surface area (Å²) >= 11 is 0. The molecule has 0 saturated heterocycles. The van der Waals surface area contributed by atoms with E-state index in [4.69, 9.17) is 9.40 Å². The third kappa shape index (κ3) is 2.01. The highest BCUT2D eigenvalue weighted by Gasteiger charge is 2.13. The zero-order chi connectivity index (χ0) is 14.3. The summed E-state index contributed by atoms with van der Waals surface area (Å²) in [4.78, 5) is 9.06. The maximum Gasteiger partial charge on any atom is 0.226 e. The Labute approximate surface area is 118 Å². The summed E-state index contributed by atoms with van der Waals surface area (Å²) in [6, 6.07) is 4.20. The molecule has 1 aromatic carbocycles. The Morgan fingerprint density at radius 3 is 2.70 bits per heavy atom. The van der Waals surface area contributed by atoms with Crippen molar-refractivity contribution in [3.63, 3.8) is 0 Å². The maximum atomic E-state index is 5.63. The van der Waals surface area contributed by atoms with Gasteiger partial charge in [-0.05, 0) is 38.0 Å². The third-order valence-electron chi connectivity index (χ3n) is 3.61. The number of aromatic nitrogens is 3. The van der Waals surface area contributed by atoms with E-state index in [-0.39, 0.29) is 0 Å². The molecule has 2 heterocycles. The molecular weight excluding hydrogens is 250 g/mol. The van der Waals surface area contributed by atoms with Crippen molar-refractivity contribution in [2.45, 2.75) is 33.6 Å². The second-order valence-electron chi connectivity index (χ2n) is 5.27. The summed E-state index contributed by atoms with van der Waals surface area (Å²) in [5, 5.41) is 0. The van der Waals surface area contributed by atoms with E-state index in [1.807, 2.05) is 6.92 Å². The molecular formula is C16H19N3O. The molecule has 0 spiro atoms. The SMILES string of the molecule is CCCc1nc2c(C)cc(-c3ncc(C)o3)cc2n1C. The van der Waals surface area contributed by atoms with Crippen LogP contribution in [0, 0.1) is 13.8 Å². The van der Waals surface area contributed by atoms with E-state index in [1.165, 1.54) is 0 Å². The van der Waals surface area contributed by atoms with Gasteiger partial charge in [0, 0.05) is 19.0 Å². The Kier molecular flexibility index (Phi) is 3.08. The molecule has 0 atom stereocenters. The summed E-state index contributed by atoms with van der Waals surface area (Å²) in [5.41, 5.74) is 4.38. The van der Waals surface area contributed by atoms with Crippen molar-refractivity contribution in [2.24, 2.45) is 7.05 Å². The summed E-state index contributed by atoms with van der Waals surface area (Å²) < 4.78 is 7.80. The lowest BCUT2D eigenvalue weighted by atomic mass is 10.1. The van der Waals surface area contributed by atoms with Crippen molar-refractivity contribution in [3.8, 4) is 11.5 Å². The van der Waals surface area contributed by atoms with Gasteiger partial charge in [0.1, 0.15) is 11.6 Å². The fourth-order valence-corrected chi connectivity index (χ4v) is 2.56. The van der Waals surface area contributed by atoms with Gasteiger partial charge in [0.2, 0.25) is 5.89 Å². The lowest BCUT2D eigenvalue weighted by molar-refractivity contribution is 0.542. The van der Waals surface area contributed by atoms with E-state index in [2.05, 4.69) is 42.6 Å². The molecule has 3 rings (SSSR count). The van der Waals surface area contributed by atoms with Crippen LogP contribution in [0.5, 0.6) is 0 Å². The van der Waals surface area contributed by atoms with Crippen LogP contribution in [-0.4, -0.2) is 14.5 Å². The van der Waals surface area contributed by atoms with Gasteiger partial charge in [-0.15, -0.1) is 0 Å². The topological polar surface area (TPSA) is 43.9 Å². The Morgan fingerprint density at radius 2 is 2.05 bits per heavy atom. The van der Waals surface area contributed by atoms with E-state index < -0.39 is 0 Å². The number of rotatable bonds is 3. The molecule has 0 unspecified atom stereocenters.